The van der Waals surface area contributed by atoms with Crippen molar-refractivity contribution in [3.8, 4) is 0 Å². The third kappa shape index (κ3) is 0.934. The minimum atomic E-state index is -0.644. The van der Waals surface area contributed by atoms with E-state index in [4.69, 9.17) is 0 Å². The van der Waals surface area contributed by atoms with Crippen molar-refractivity contribution in [2.75, 3.05) is 0 Å². The number of benzene rings is 1. The first-order chi connectivity index (χ1) is 9.51. The second-order valence-corrected chi connectivity index (χ2v) is 7.86. The van der Waals surface area contributed by atoms with Crippen LogP contribution in [-0.2, 0) is 6.42 Å². The van der Waals surface area contributed by atoms with E-state index in [-0.39, 0.29) is 5.41 Å². The largest absolute Gasteiger partial charge is 0.389 e. The Morgan fingerprint density at radius 2 is 1.75 bits per heavy atom. The average molecular weight is 270 g/mol. The van der Waals surface area contributed by atoms with Crippen molar-refractivity contribution in [3.63, 3.8) is 0 Å². The van der Waals surface area contributed by atoms with Crippen LogP contribution in [0.1, 0.15) is 49.7 Å². The summed E-state index contributed by atoms with van der Waals surface area (Å²) in [7, 11) is 0. The molecule has 0 spiro atoms. The molecule has 1 unspecified atom stereocenters. The molecule has 2 N–H and O–H groups in total. The van der Waals surface area contributed by atoms with Gasteiger partial charge in [-0.3, -0.25) is 0 Å². The van der Waals surface area contributed by atoms with Crippen molar-refractivity contribution in [1.82, 2.24) is 0 Å². The molecule has 5 rings (SSSR count). The number of aryl methyl sites for hydroxylation is 1. The van der Waals surface area contributed by atoms with Crippen molar-refractivity contribution in [2.45, 2.75) is 56.1 Å². The van der Waals surface area contributed by atoms with E-state index >= 15 is 0 Å². The van der Waals surface area contributed by atoms with Crippen molar-refractivity contribution < 1.29 is 10.2 Å². The fourth-order valence-electron chi connectivity index (χ4n) is 6.58. The van der Waals surface area contributed by atoms with Crippen LogP contribution in [0.4, 0.5) is 0 Å². The number of aliphatic hydroxyl groups is 2. The monoisotopic (exact) mass is 270 g/mol. The van der Waals surface area contributed by atoms with Crippen molar-refractivity contribution in [1.29, 1.82) is 0 Å². The van der Waals surface area contributed by atoms with Gasteiger partial charge in [-0.15, -0.1) is 0 Å². The standard InChI is InChI=1S/C18H22O2/c1-16-10-14-15-12-5-3-2-4-11(12)6-7-13(15)17(16,19)8-9-18(14,16)20/h2-5,13-15,19-20H,6-10H2,1H3/t13-,14-,15-,16-,17+,18?/m0/s1. The molecular formula is C18H22O2. The van der Waals surface area contributed by atoms with Gasteiger partial charge < -0.3 is 10.2 Å². The van der Waals surface area contributed by atoms with Crippen LogP contribution in [0.25, 0.3) is 0 Å². The molecule has 0 aliphatic heterocycles. The predicted octanol–water partition coefficient (Wildman–Crippen LogP) is 2.63. The molecular weight excluding hydrogens is 248 g/mol. The maximum Gasteiger partial charge on any atom is 0.0764 e. The van der Waals surface area contributed by atoms with Crippen LogP contribution >= 0.6 is 0 Å². The Kier molecular flexibility index (Phi) is 1.85. The fourth-order valence-corrected chi connectivity index (χ4v) is 6.58. The molecule has 2 heteroatoms. The molecule has 20 heavy (non-hydrogen) atoms. The highest BCUT2D eigenvalue weighted by atomic mass is 16.3. The summed E-state index contributed by atoms with van der Waals surface area (Å²) in [5, 5.41) is 22.6. The van der Waals surface area contributed by atoms with Gasteiger partial charge in [-0.2, -0.15) is 0 Å². The van der Waals surface area contributed by atoms with E-state index in [1.807, 2.05) is 0 Å². The fraction of sp³-hybridized carbons (Fsp3) is 0.667. The summed E-state index contributed by atoms with van der Waals surface area (Å²) in [5.41, 5.74) is 1.34. The normalized spacial score (nSPS) is 54.9. The van der Waals surface area contributed by atoms with Gasteiger partial charge in [-0.05, 0) is 61.0 Å². The van der Waals surface area contributed by atoms with Crippen molar-refractivity contribution in [3.05, 3.63) is 35.4 Å². The molecule has 2 nitrogen and oxygen atoms in total. The van der Waals surface area contributed by atoms with Gasteiger partial charge in [0.2, 0.25) is 0 Å². The molecule has 1 aromatic carbocycles. The van der Waals surface area contributed by atoms with Gasteiger partial charge in [0.1, 0.15) is 0 Å². The maximum absolute atomic E-state index is 11.4. The first kappa shape index (κ1) is 11.8. The van der Waals surface area contributed by atoms with Gasteiger partial charge in [0, 0.05) is 5.41 Å². The zero-order valence-electron chi connectivity index (χ0n) is 12.0. The molecule has 0 amide bonds. The van der Waals surface area contributed by atoms with Gasteiger partial charge >= 0.3 is 0 Å². The summed E-state index contributed by atoms with van der Waals surface area (Å²) in [6.07, 6.45) is 4.75. The predicted molar refractivity (Wildman–Crippen MR) is 76.3 cm³/mol. The van der Waals surface area contributed by atoms with Crippen LogP contribution in [0.2, 0.25) is 0 Å². The Morgan fingerprint density at radius 1 is 1.05 bits per heavy atom. The van der Waals surface area contributed by atoms with E-state index < -0.39 is 11.2 Å². The van der Waals surface area contributed by atoms with Crippen LogP contribution in [0, 0.1) is 17.3 Å². The van der Waals surface area contributed by atoms with E-state index in [0.717, 1.165) is 32.1 Å². The minimum absolute atomic E-state index is 0.252. The second-order valence-electron chi connectivity index (χ2n) is 7.86. The SMILES string of the molecule is C[C@]12C[C@H]3[C@H]4c5ccccc5CC[C@@H]4[C@]1(O)CCC32O. The Balaban J connectivity index is 1.73. The average Bonchev–Trinajstić information content (AvgIpc) is 2.57. The van der Waals surface area contributed by atoms with Crippen molar-refractivity contribution in [2.24, 2.45) is 17.3 Å². The van der Waals surface area contributed by atoms with E-state index in [9.17, 15) is 10.2 Å². The summed E-state index contributed by atoms with van der Waals surface area (Å²) in [6.45, 7) is 2.13. The van der Waals surface area contributed by atoms with Crippen LogP contribution in [-0.4, -0.2) is 21.4 Å². The summed E-state index contributed by atoms with van der Waals surface area (Å²) >= 11 is 0. The molecule has 1 aromatic rings. The Labute approximate surface area is 119 Å². The van der Waals surface area contributed by atoms with Gasteiger partial charge in [0.05, 0.1) is 11.2 Å². The first-order valence-corrected chi connectivity index (χ1v) is 8.04. The number of hydrogen-bond donors (Lipinski definition) is 2. The number of hydrogen-bond acceptors (Lipinski definition) is 2. The van der Waals surface area contributed by atoms with E-state index in [1.165, 1.54) is 11.1 Å². The summed E-state index contributed by atoms with van der Waals surface area (Å²) in [6, 6.07) is 8.70. The minimum Gasteiger partial charge on any atom is -0.389 e. The molecule has 0 radical (unpaired) electrons. The summed E-state index contributed by atoms with van der Waals surface area (Å²) in [5.74, 6) is 1.09. The third-order valence-electron chi connectivity index (χ3n) is 7.66. The number of rotatable bonds is 0. The van der Waals surface area contributed by atoms with E-state index in [1.54, 1.807) is 0 Å². The number of fused-ring (bicyclic) bond motifs is 5. The lowest BCUT2D eigenvalue weighted by Gasteiger charge is -2.71. The van der Waals surface area contributed by atoms with Crippen LogP contribution in [0.3, 0.4) is 0 Å². The first-order valence-electron chi connectivity index (χ1n) is 8.04. The molecule has 4 bridgehead atoms. The highest BCUT2D eigenvalue weighted by Crippen LogP contribution is 2.79. The molecule has 0 heterocycles. The molecule has 4 aliphatic carbocycles. The molecule has 3 saturated carbocycles. The zero-order chi connectivity index (χ0) is 13.8. The van der Waals surface area contributed by atoms with E-state index in [2.05, 4.69) is 31.2 Å². The Hall–Kier alpha value is -0.860. The quantitative estimate of drug-likeness (QED) is 0.761. The lowest BCUT2D eigenvalue weighted by molar-refractivity contribution is -0.307. The van der Waals surface area contributed by atoms with Crippen LogP contribution in [0.5, 0.6) is 0 Å². The molecule has 106 valence electrons. The Bertz CT molecular complexity index is 611. The molecule has 0 saturated heterocycles. The third-order valence-corrected chi connectivity index (χ3v) is 7.66. The van der Waals surface area contributed by atoms with Gasteiger partial charge in [-0.25, -0.2) is 0 Å². The van der Waals surface area contributed by atoms with E-state index in [0.29, 0.717) is 17.8 Å². The second kappa shape index (κ2) is 3.15. The van der Waals surface area contributed by atoms with Gasteiger partial charge in [-0.1, -0.05) is 31.2 Å². The van der Waals surface area contributed by atoms with Crippen LogP contribution in [0.15, 0.2) is 24.3 Å². The van der Waals surface area contributed by atoms with Gasteiger partial charge in [0.15, 0.2) is 0 Å². The van der Waals surface area contributed by atoms with Gasteiger partial charge in [0.25, 0.3) is 0 Å². The summed E-state index contributed by atoms with van der Waals surface area (Å²) < 4.78 is 0. The lowest BCUT2D eigenvalue weighted by Crippen LogP contribution is -2.75. The van der Waals surface area contributed by atoms with Crippen molar-refractivity contribution >= 4 is 0 Å². The molecule has 0 aromatic heterocycles. The molecule has 6 atom stereocenters. The summed E-state index contributed by atoms with van der Waals surface area (Å²) in [4.78, 5) is 0. The maximum atomic E-state index is 11.4. The molecule has 4 aliphatic rings. The Morgan fingerprint density at radius 3 is 2.55 bits per heavy atom. The highest BCUT2D eigenvalue weighted by Gasteiger charge is 2.81. The molecule has 3 fully saturated rings. The topological polar surface area (TPSA) is 40.5 Å². The smallest absolute Gasteiger partial charge is 0.0764 e. The van der Waals surface area contributed by atoms with Crippen LogP contribution < -0.4 is 0 Å². The lowest BCUT2D eigenvalue weighted by atomic mass is 9.36. The highest BCUT2D eigenvalue weighted by molar-refractivity contribution is 5.43. The zero-order valence-corrected chi connectivity index (χ0v) is 12.0.